The van der Waals surface area contributed by atoms with Crippen molar-refractivity contribution in [3.63, 3.8) is 0 Å². The van der Waals surface area contributed by atoms with Gasteiger partial charge in [-0.3, -0.25) is 4.79 Å². The zero-order valence-corrected chi connectivity index (χ0v) is 11.3. The molecule has 1 aromatic rings. The van der Waals surface area contributed by atoms with Crippen molar-refractivity contribution in [3.8, 4) is 6.01 Å². The number of carbonyl (C=O) groups is 1. The minimum atomic E-state index is 0.117. The topological polar surface area (TPSA) is 71.5 Å². The Balaban J connectivity index is 1.80. The van der Waals surface area contributed by atoms with Gasteiger partial charge in [0.05, 0.1) is 7.11 Å². The van der Waals surface area contributed by atoms with Gasteiger partial charge in [0.2, 0.25) is 17.1 Å². The van der Waals surface area contributed by atoms with Crippen molar-refractivity contribution >= 4 is 23.5 Å². The molecule has 0 spiro atoms. The van der Waals surface area contributed by atoms with Crippen LogP contribution in [0.5, 0.6) is 6.01 Å². The van der Waals surface area contributed by atoms with Crippen molar-refractivity contribution in [3.05, 3.63) is 5.28 Å². The maximum Gasteiger partial charge on any atom is 0.322 e. The molecule has 0 aliphatic carbocycles. The number of piperazine rings is 1. The second-order valence-corrected chi connectivity index (χ2v) is 4.95. The first kappa shape index (κ1) is 12.4. The molecule has 3 heterocycles. The summed E-state index contributed by atoms with van der Waals surface area (Å²) in [5.41, 5.74) is 0. The van der Waals surface area contributed by atoms with E-state index >= 15 is 0 Å². The third-order valence-corrected chi connectivity index (χ3v) is 3.70. The highest BCUT2D eigenvalue weighted by molar-refractivity contribution is 6.28. The second-order valence-electron chi connectivity index (χ2n) is 4.62. The van der Waals surface area contributed by atoms with Crippen molar-refractivity contribution in [1.82, 2.24) is 19.9 Å². The second kappa shape index (κ2) is 4.80. The van der Waals surface area contributed by atoms with E-state index < -0.39 is 0 Å². The highest BCUT2D eigenvalue weighted by atomic mass is 35.5. The van der Waals surface area contributed by atoms with Gasteiger partial charge >= 0.3 is 6.01 Å². The fraction of sp³-hybridized carbons (Fsp3) is 0.636. The molecule has 3 rings (SSSR count). The Hall–Kier alpha value is -1.63. The van der Waals surface area contributed by atoms with Gasteiger partial charge in [0.15, 0.2) is 0 Å². The Labute approximate surface area is 115 Å². The van der Waals surface area contributed by atoms with Gasteiger partial charge < -0.3 is 14.5 Å². The minimum absolute atomic E-state index is 0.117. The molecule has 19 heavy (non-hydrogen) atoms. The smallest absolute Gasteiger partial charge is 0.322 e. The molecule has 2 fully saturated rings. The fourth-order valence-electron chi connectivity index (χ4n) is 2.60. The lowest BCUT2D eigenvalue weighted by molar-refractivity contribution is -0.129. The number of hydrogen-bond donors (Lipinski definition) is 0. The zero-order chi connectivity index (χ0) is 13.4. The number of nitrogens with zero attached hydrogens (tertiary/aromatic N) is 5. The Morgan fingerprint density at radius 1 is 1.32 bits per heavy atom. The number of ether oxygens (including phenoxy) is 1. The predicted molar refractivity (Wildman–Crippen MR) is 68.3 cm³/mol. The Kier molecular flexibility index (Phi) is 3.14. The number of aromatic nitrogens is 3. The van der Waals surface area contributed by atoms with Crippen LogP contribution in [0.4, 0.5) is 5.95 Å². The minimum Gasteiger partial charge on any atom is -0.467 e. The number of fused-ring (bicyclic) bond motifs is 1. The number of anilines is 1. The molecular formula is C11H14ClN5O2. The molecule has 1 atom stereocenters. The van der Waals surface area contributed by atoms with E-state index in [9.17, 15) is 4.79 Å². The lowest BCUT2D eigenvalue weighted by Crippen LogP contribution is -2.52. The molecular weight excluding hydrogens is 270 g/mol. The Bertz CT molecular complexity index is 512. The summed E-state index contributed by atoms with van der Waals surface area (Å²) in [4.78, 5) is 27.8. The van der Waals surface area contributed by atoms with Crippen LogP contribution >= 0.6 is 11.6 Å². The summed E-state index contributed by atoms with van der Waals surface area (Å²) in [5, 5.41) is 0.117. The predicted octanol–water partition coefficient (Wildman–Crippen LogP) is 0.345. The van der Waals surface area contributed by atoms with Crippen LogP contribution in [0, 0.1) is 0 Å². The number of methoxy groups -OCH3 is 1. The quantitative estimate of drug-likeness (QED) is 0.780. The summed E-state index contributed by atoms with van der Waals surface area (Å²) >= 11 is 5.85. The van der Waals surface area contributed by atoms with Gasteiger partial charge in [0, 0.05) is 32.1 Å². The summed E-state index contributed by atoms with van der Waals surface area (Å²) in [6, 6.07) is 0.461. The highest BCUT2D eigenvalue weighted by Gasteiger charge is 2.36. The molecule has 102 valence electrons. The maximum atomic E-state index is 11.6. The first-order valence-corrected chi connectivity index (χ1v) is 6.55. The molecule has 7 nitrogen and oxygen atoms in total. The van der Waals surface area contributed by atoms with Gasteiger partial charge in [-0.05, 0) is 18.0 Å². The molecule has 0 aromatic carbocycles. The number of amides is 1. The van der Waals surface area contributed by atoms with E-state index in [1.165, 1.54) is 7.11 Å². The number of carbonyl (C=O) groups excluding carboxylic acids is 1. The lowest BCUT2D eigenvalue weighted by Gasteiger charge is -2.37. The van der Waals surface area contributed by atoms with Crippen molar-refractivity contribution in [2.45, 2.75) is 18.9 Å². The van der Waals surface area contributed by atoms with Crippen LogP contribution in [-0.2, 0) is 4.79 Å². The summed E-state index contributed by atoms with van der Waals surface area (Å²) in [7, 11) is 1.49. The number of halogens is 1. The molecule has 0 radical (unpaired) electrons. The number of hydrogen-bond acceptors (Lipinski definition) is 6. The van der Waals surface area contributed by atoms with Crippen molar-refractivity contribution in [2.75, 3.05) is 31.6 Å². The van der Waals surface area contributed by atoms with E-state index in [2.05, 4.69) is 15.0 Å². The van der Waals surface area contributed by atoms with Crippen LogP contribution in [0.2, 0.25) is 5.28 Å². The largest absolute Gasteiger partial charge is 0.467 e. The molecule has 2 aliphatic rings. The summed E-state index contributed by atoms with van der Waals surface area (Å²) < 4.78 is 4.99. The van der Waals surface area contributed by atoms with Gasteiger partial charge in [0.1, 0.15) is 0 Å². The lowest BCUT2D eigenvalue weighted by atomic mass is 10.2. The first-order valence-electron chi connectivity index (χ1n) is 6.17. The highest BCUT2D eigenvalue weighted by Crippen LogP contribution is 2.25. The van der Waals surface area contributed by atoms with Gasteiger partial charge in [-0.1, -0.05) is 0 Å². The molecule has 1 unspecified atom stereocenters. The average molecular weight is 284 g/mol. The van der Waals surface area contributed by atoms with Crippen LogP contribution in [0.15, 0.2) is 0 Å². The van der Waals surface area contributed by atoms with Crippen molar-refractivity contribution < 1.29 is 9.53 Å². The van der Waals surface area contributed by atoms with E-state index in [0.717, 1.165) is 13.0 Å². The van der Waals surface area contributed by atoms with E-state index in [0.29, 0.717) is 25.5 Å². The molecule has 0 bridgehead atoms. The Morgan fingerprint density at radius 3 is 2.95 bits per heavy atom. The summed E-state index contributed by atoms with van der Waals surface area (Å²) in [6.07, 6.45) is 1.53. The van der Waals surface area contributed by atoms with E-state index in [1.54, 1.807) is 0 Å². The molecule has 8 heteroatoms. The van der Waals surface area contributed by atoms with E-state index in [-0.39, 0.29) is 23.2 Å². The molecule has 2 aliphatic heterocycles. The SMILES string of the molecule is COc1nc(Cl)nc(N2CCN3C(=O)CCC3C2)n1. The summed E-state index contributed by atoms with van der Waals surface area (Å²) in [5.74, 6) is 0.756. The van der Waals surface area contributed by atoms with Gasteiger partial charge in [0.25, 0.3) is 0 Å². The normalized spacial score (nSPS) is 22.6. The molecule has 1 amide bonds. The molecule has 1 aromatic heterocycles. The van der Waals surface area contributed by atoms with Crippen LogP contribution < -0.4 is 9.64 Å². The van der Waals surface area contributed by atoms with Crippen LogP contribution in [-0.4, -0.2) is 58.5 Å². The van der Waals surface area contributed by atoms with Gasteiger partial charge in [-0.15, -0.1) is 0 Å². The number of rotatable bonds is 2. The molecule has 0 saturated carbocycles. The first-order chi connectivity index (χ1) is 9.17. The fourth-order valence-corrected chi connectivity index (χ4v) is 2.75. The zero-order valence-electron chi connectivity index (χ0n) is 10.5. The monoisotopic (exact) mass is 283 g/mol. The van der Waals surface area contributed by atoms with Crippen LogP contribution in [0.1, 0.15) is 12.8 Å². The van der Waals surface area contributed by atoms with Crippen LogP contribution in [0.3, 0.4) is 0 Å². The van der Waals surface area contributed by atoms with E-state index in [4.69, 9.17) is 16.3 Å². The average Bonchev–Trinajstić information content (AvgIpc) is 2.79. The third-order valence-electron chi connectivity index (χ3n) is 3.54. The van der Waals surface area contributed by atoms with Crippen molar-refractivity contribution in [2.24, 2.45) is 0 Å². The maximum absolute atomic E-state index is 11.6. The van der Waals surface area contributed by atoms with Crippen molar-refractivity contribution in [1.29, 1.82) is 0 Å². The molecule has 2 saturated heterocycles. The summed E-state index contributed by atoms with van der Waals surface area (Å²) in [6.45, 7) is 2.14. The van der Waals surface area contributed by atoms with Gasteiger partial charge in [-0.25, -0.2) is 0 Å². The van der Waals surface area contributed by atoms with Gasteiger partial charge in [-0.2, -0.15) is 15.0 Å². The standard InChI is InChI=1S/C11H14ClN5O2/c1-19-11-14-9(12)13-10(15-11)16-4-5-17-7(6-16)2-3-8(17)18/h7H,2-6H2,1H3. The van der Waals surface area contributed by atoms with Crippen LogP contribution in [0.25, 0.3) is 0 Å². The molecule has 0 N–H and O–H groups in total. The Morgan fingerprint density at radius 2 is 2.16 bits per heavy atom. The van der Waals surface area contributed by atoms with E-state index in [1.807, 2.05) is 9.80 Å². The third kappa shape index (κ3) is 2.30.